The normalized spacial score (nSPS) is 14.5. The standard InChI is InChI=1S/C32H39N3O4S/c1-24-18-19-25(2)29(20-24)35(40(3,38)39)23-31(36)34(22-27-14-8-5-9-15-27)30(21-26-12-6-4-7-13-26)32(37)33-28-16-10-11-17-28/h4-9,12-15,18-20,28,30H,10-11,16-17,21-23H2,1-3H3,(H,33,37)/t30-/m1/s1. The number of benzene rings is 3. The number of carbonyl (C=O) groups is 2. The fourth-order valence-corrected chi connectivity index (χ4v) is 6.18. The summed E-state index contributed by atoms with van der Waals surface area (Å²) < 4.78 is 27.2. The molecule has 1 N–H and O–H groups in total. The first-order valence-electron chi connectivity index (χ1n) is 13.8. The van der Waals surface area contributed by atoms with Crippen LogP contribution in [-0.4, -0.2) is 50.0 Å². The van der Waals surface area contributed by atoms with E-state index >= 15 is 0 Å². The van der Waals surface area contributed by atoms with Gasteiger partial charge in [-0.15, -0.1) is 0 Å². The molecule has 212 valence electrons. The van der Waals surface area contributed by atoms with E-state index in [9.17, 15) is 18.0 Å². The molecule has 8 heteroatoms. The highest BCUT2D eigenvalue weighted by atomic mass is 32.2. The number of nitrogens with zero attached hydrogens (tertiary/aromatic N) is 2. The van der Waals surface area contributed by atoms with Crippen molar-refractivity contribution in [3.05, 3.63) is 101 Å². The van der Waals surface area contributed by atoms with Crippen molar-refractivity contribution in [1.29, 1.82) is 0 Å². The number of sulfonamides is 1. The number of carbonyl (C=O) groups excluding carboxylic acids is 2. The zero-order valence-electron chi connectivity index (χ0n) is 23.5. The van der Waals surface area contributed by atoms with Gasteiger partial charge in [0.2, 0.25) is 21.8 Å². The number of hydrogen-bond donors (Lipinski definition) is 1. The van der Waals surface area contributed by atoms with Gasteiger partial charge in [0.1, 0.15) is 12.6 Å². The zero-order chi connectivity index (χ0) is 28.7. The van der Waals surface area contributed by atoms with Gasteiger partial charge in [-0.25, -0.2) is 8.42 Å². The monoisotopic (exact) mass is 561 g/mol. The van der Waals surface area contributed by atoms with Gasteiger partial charge in [0.25, 0.3) is 0 Å². The molecule has 0 unspecified atom stereocenters. The lowest BCUT2D eigenvalue weighted by molar-refractivity contribution is -0.140. The molecule has 0 aromatic heterocycles. The highest BCUT2D eigenvalue weighted by Crippen LogP contribution is 2.25. The minimum Gasteiger partial charge on any atom is -0.352 e. The predicted octanol–water partition coefficient (Wildman–Crippen LogP) is 4.77. The maximum Gasteiger partial charge on any atom is 0.244 e. The lowest BCUT2D eigenvalue weighted by Gasteiger charge is -2.34. The fraction of sp³-hybridized carbons (Fsp3) is 0.375. The second-order valence-electron chi connectivity index (χ2n) is 10.8. The van der Waals surface area contributed by atoms with E-state index in [0.29, 0.717) is 12.1 Å². The first kappa shape index (κ1) is 29.3. The number of anilines is 1. The van der Waals surface area contributed by atoms with Crippen molar-refractivity contribution >= 4 is 27.5 Å². The summed E-state index contributed by atoms with van der Waals surface area (Å²) in [6.07, 6.45) is 5.41. The van der Waals surface area contributed by atoms with Gasteiger partial charge >= 0.3 is 0 Å². The molecule has 3 aromatic carbocycles. The Hall–Kier alpha value is -3.65. The van der Waals surface area contributed by atoms with Crippen molar-refractivity contribution in [2.45, 2.75) is 64.6 Å². The Labute approximate surface area is 238 Å². The molecule has 0 radical (unpaired) electrons. The van der Waals surface area contributed by atoms with Crippen molar-refractivity contribution in [3.8, 4) is 0 Å². The van der Waals surface area contributed by atoms with Crippen LogP contribution in [0.2, 0.25) is 0 Å². The lowest BCUT2D eigenvalue weighted by Crippen LogP contribution is -2.54. The molecule has 0 heterocycles. The Morgan fingerprint density at radius 3 is 2.10 bits per heavy atom. The van der Waals surface area contributed by atoms with Crippen LogP contribution in [0, 0.1) is 13.8 Å². The highest BCUT2D eigenvalue weighted by Gasteiger charge is 2.34. The molecular weight excluding hydrogens is 522 g/mol. The summed E-state index contributed by atoms with van der Waals surface area (Å²) in [6.45, 7) is 3.49. The summed E-state index contributed by atoms with van der Waals surface area (Å²) >= 11 is 0. The first-order valence-corrected chi connectivity index (χ1v) is 15.7. The number of rotatable bonds is 11. The average molecular weight is 562 g/mol. The van der Waals surface area contributed by atoms with Gasteiger partial charge < -0.3 is 10.2 Å². The van der Waals surface area contributed by atoms with Gasteiger partial charge in [-0.05, 0) is 55.0 Å². The zero-order valence-corrected chi connectivity index (χ0v) is 24.4. The Balaban J connectivity index is 1.73. The van der Waals surface area contributed by atoms with Crippen LogP contribution in [0.1, 0.15) is 47.9 Å². The van der Waals surface area contributed by atoms with E-state index < -0.39 is 28.5 Å². The van der Waals surface area contributed by atoms with Crippen molar-refractivity contribution in [2.75, 3.05) is 17.1 Å². The predicted molar refractivity (Wildman–Crippen MR) is 159 cm³/mol. The van der Waals surface area contributed by atoms with Gasteiger partial charge in [0, 0.05) is 19.0 Å². The summed E-state index contributed by atoms with van der Waals surface area (Å²) in [5.74, 6) is -0.643. The molecule has 3 aromatic rings. The molecule has 1 saturated carbocycles. The lowest BCUT2D eigenvalue weighted by atomic mass is 10.0. The molecule has 0 saturated heterocycles. The third-order valence-electron chi connectivity index (χ3n) is 7.48. The van der Waals surface area contributed by atoms with E-state index in [1.165, 1.54) is 0 Å². The largest absolute Gasteiger partial charge is 0.352 e. The van der Waals surface area contributed by atoms with Gasteiger partial charge in [0.15, 0.2) is 0 Å². The molecule has 4 rings (SSSR count). The summed E-state index contributed by atoms with van der Waals surface area (Å²) in [5.41, 5.74) is 3.89. The number of nitrogens with one attached hydrogen (secondary N) is 1. The summed E-state index contributed by atoms with van der Waals surface area (Å²) in [7, 11) is -3.80. The molecule has 1 aliphatic carbocycles. The van der Waals surface area contributed by atoms with Crippen LogP contribution in [0.3, 0.4) is 0 Å². The van der Waals surface area contributed by atoms with Gasteiger partial charge in [-0.1, -0.05) is 85.6 Å². The maximum absolute atomic E-state index is 14.2. The summed E-state index contributed by atoms with van der Waals surface area (Å²) in [6, 6.07) is 23.9. The third kappa shape index (κ3) is 7.72. The van der Waals surface area contributed by atoms with E-state index in [-0.39, 0.29) is 18.5 Å². The van der Waals surface area contributed by atoms with E-state index in [0.717, 1.165) is 58.5 Å². The quantitative estimate of drug-likeness (QED) is 0.366. The number of amides is 2. The fourth-order valence-electron chi connectivity index (χ4n) is 5.28. The second-order valence-corrected chi connectivity index (χ2v) is 12.7. The van der Waals surface area contributed by atoms with E-state index in [1.54, 1.807) is 11.0 Å². The molecule has 2 amide bonds. The minimum absolute atomic E-state index is 0.0851. The van der Waals surface area contributed by atoms with Gasteiger partial charge in [-0.3, -0.25) is 13.9 Å². The molecule has 0 spiro atoms. The van der Waals surface area contributed by atoms with Crippen molar-refractivity contribution in [1.82, 2.24) is 10.2 Å². The van der Waals surface area contributed by atoms with Crippen LogP contribution in [0.25, 0.3) is 0 Å². The van der Waals surface area contributed by atoms with Crippen molar-refractivity contribution in [3.63, 3.8) is 0 Å². The van der Waals surface area contributed by atoms with Crippen LogP contribution in [0.4, 0.5) is 5.69 Å². The molecular formula is C32H39N3O4S. The topological polar surface area (TPSA) is 86.8 Å². The van der Waals surface area contributed by atoms with Crippen molar-refractivity contribution in [2.24, 2.45) is 0 Å². The molecule has 1 aliphatic rings. The second kappa shape index (κ2) is 13.1. The van der Waals surface area contributed by atoms with Crippen LogP contribution >= 0.6 is 0 Å². The smallest absolute Gasteiger partial charge is 0.244 e. The average Bonchev–Trinajstić information content (AvgIpc) is 3.44. The van der Waals surface area contributed by atoms with E-state index in [2.05, 4.69) is 5.32 Å². The first-order chi connectivity index (χ1) is 19.1. The molecule has 7 nitrogen and oxygen atoms in total. The number of aryl methyl sites for hydroxylation is 2. The SMILES string of the molecule is Cc1ccc(C)c(N(CC(=O)N(Cc2ccccc2)[C@H](Cc2ccccc2)C(=O)NC2CCCC2)S(C)(=O)=O)c1. The molecule has 1 fully saturated rings. The minimum atomic E-state index is -3.80. The van der Waals surface area contributed by atoms with E-state index in [1.807, 2.05) is 86.6 Å². The maximum atomic E-state index is 14.2. The van der Waals surface area contributed by atoms with Crippen LogP contribution in [-0.2, 0) is 32.6 Å². The Morgan fingerprint density at radius 2 is 1.50 bits per heavy atom. The van der Waals surface area contributed by atoms with E-state index in [4.69, 9.17) is 0 Å². The molecule has 1 atom stereocenters. The Kier molecular flexibility index (Phi) is 9.63. The van der Waals surface area contributed by atoms with Crippen molar-refractivity contribution < 1.29 is 18.0 Å². The highest BCUT2D eigenvalue weighted by molar-refractivity contribution is 7.92. The molecule has 0 aliphatic heterocycles. The summed E-state index contributed by atoms with van der Waals surface area (Å²) in [5, 5.41) is 3.19. The number of hydrogen-bond acceptors (Lipinski definition) is 4. The van der Waals surface area contributed by atoms with Crippen LogP contribution < -0.4 is 9.62 Å². The summed E-state index contributed by atoms with van der Waals surface area (Å²) in [4.78, 5) is 29.6. The third-order valence-corrected chi connectivity index (χ3v) is 8.61. The Morgan fingerprint density at radius 1 is 0.900 bits per heavy atom. The van der Waals surface area contributed by atoms with Gasteiger partial charge in [-0.2, -0.15) is 0 Å². The van der Waals surface area contributed by atoms with Crippen LogP contribution in [0.15, 0.2) is 78.9 Å². The Bertz CT molecular complexity index is 1400. The molecule has 40 heavy (non-hydrogen) atoms. The molecule has 0 bridgehead atoms. The van der Waals surface area contributed by atoms with Gasteiger partial charge in [0.05, 0.1) is 11.9 Å². The van der Waals surface area contributed by atoms with Crippen LogP contribution in [0.5, 0.6) is 0 Å².